The van der Waals surface area contributed by atoms with E-state index in [1.807, 2.05) is 0 Å². The Bertz CT molecular complexity index is 393. The van der Waals surface area contributed by atoms with Crippen molar-refractivity contribution in [3.8, 4) is 0 Å². The van der Waals surface area contributed by atoms with Gasteiger partial charge in [0, 0.05) is 13.1 Å². The number of carbonyl (C=O) groups is 1. The topological polar surface area (TPSA) is 71.5 Å². The third-order valence-electron chi connectivity index (χ3n) is 3.28. The van der Waals surface area contributed by atoms with Crippen LogP contribution < -0.4 is 11.1 Å². The van der Waals surface area contributed by atoms with Gasteiger partial charge < -0.3 is 20.4 Å². The molecule has 20 heavy (non-hydrogen) atoms. The van der Waals surface area contributed by atoms with E-state index < -0.39 is 0 Å². The summed E-state index contributed by atoms with van der Waals surface area (Å²) in [6.45, 7) is 4.23. The standard InChI is InChI=1S/C13H21N3O2.2ClH/c14-9-12-8-11(10-18-12)13(17)15-4-7-16-5-2-1-3-6-16;;/h8,10H,1-7,9,14H2,(H,15,17);2*1H. The number of rotatable bonds is 5. The number of halogens is 2. The lowest BCUT2D eigenvalue weighted by molar-refractivity contribution is 0.0946. The van der Waals surface area contributed by atoms with E-state index in [1.54, 1.807) is 6.07 Å². The zero-order valence-electron chi connectivity index (χ0n) is 11.5. The Labute approximate surface area is 132 Å². The fourth-order valence-corrected chi connectivity index (χ4v) is 2.22. The van der Waals surface area contributed by atoms with Crippen LogP contribution in [0.15, 0.2) is 16.7 Å². The molecule has 2 rings (SSSR count). The molecule has 1 aromatic rings. The lowest BCUT2D eigenvalue weighted by Crippen LogP contribution is -2.37. The highest BCUT2D eigenvalue weighted by atomic mass is 35.5. The van der Waals surface area contributed by atoms with Gasteiger partial charge in [0.1, 0.15) is 12.0 Å². The molecule has 0 bridgehead atoms. The van der Waals surface area contributed by atoms with Crippen molar-refractivity contribution in [2.45, 2.75) is 25.8 Å². The Morgan fingerprint density at radius 3 is 2.60 bits per heavy atom. The van der Waals surface area contributed by atoms with Crippen LogP contribution in [0.1, 0.15) is 35.4 Å². The molecule has 1 fully saturated rings. The fourth-order valence-electron chi connectivity index (χ4n) is 2.22. The number of nitrogens with one attached hydrogen (secondary N) is 1. The van der Waals surface area contributed by atoms with Crippen molar-refractivity contribution in [1.82, 2.24) is 10.2 Å². The molecule has 3 N–H and O–H groups in total. The molecule has 0 aliphatic carbocycles. The summed E-state index contributed by atoms with van der Waals surface area (Å²) < 4.78 is 5.13. The minimum Gasteiger partial charge on any atom is -0.467 e. The van der Waals surface area contributed by atoms with Crippen LogP contribution in [0.4, 0.5) is 0 Å². The van der Waals surface area contributed by atoms with Crippen molar-refractivity contribution in [1.29, 1.82) is 0 Å². The third-order valence-corrected chi connectivity index (χ3v) is 3.28. The molecular weight excluding hydrogens is 301 g/mol. The summed E-state index contributed by atoms with van der Waals surface area (Å²) in [4.78, 5) is 14.2. The zero-order chi connectivity index (χ0) is 12.8. The molecule has 0 spiro atoms. The van der Waals surface area contributed by atoms with E-state index >= 15 is 0 Å². The minimum absolute atomic E-state index is 0. The largest absolute Gasteiger partial charge is 0.467 e. The maximum Gasteiger partial charge on any atom is 0.254 e. The van der Waals surface area contributed by atoms with Crippen molar-refractivity contribution in [2.75, 3.05) is 26.2 Å². The Morgan fingerprint density at radius 1 is 1.30 bits per heavy atom. The van der Waals surface area contributed by atoms with E-state index in [0.717, 1.165) is 19.6 Å². The van der Waals surface area contributed by atoms with Crippen LogP contribution in [0.25, 0.3) is 0 Å². The predicted octanol–water partition coefficient (Wildman–Crippen LogP) is 1.80. The number of hydrogen-bond acceptors (Lipinski definition) is 4. The number of hydrogen-bond donors (Lipinski definition) is 2. The van der Waals surface area contributed by atoms with E-state index in [-0.39, 0.29) is 30.7 Å². The van der Waals surface area contributed by atoms with E-state index in [0.29, 0.717) is 24.4 Å². The van der Waals surface area contributed by atoms with Gasteiger partial charge in [0.25, 0.3) is 5.91 Å². The summed E-state index contributed by atoms with van der Waals surface area (Å²) >= 11 is 0. The van der Waals surface area contributed by atoms with Gasteiger partial charge in [-0.05, 0) is 32.0 Å². The first-order chi connectivity index (χ1) is 8.79. The first-order valence-corrected chi connectivity index (χ1v) is 6.57. The lowest BCUT2D eigenvalue weighted by Gasteiger charge is -2.26. The third kappa shape index (κ3) is 5.71. The number of furan rings is 1. The molecule has 2 heterocycles. The van der Waals surface area contributed by atoms with Gasteiger partial charge in [0.2, 0.25) is 0 Å². The van der Waals surface area contributed by atoms with Gasteiger partial charge >= 0.3 is 0 Å². The second-order valence-corrected chi connectivity index (χ2v) is 4.66. The molecule has 1 aromatic heterocycles. The number of nitrogens with two attached hydrogens (primary N) is 1. The molecule has 0 saturated carbocycles. The minimum atomic E-state index is -0.0875. The quantitative estimate of drug-likeness (QED) is 0.866. The van der Waals surface area contributed by atoms with Crippen molar-refractivity contribution < 1.29 is 9.21 Å². The molecule has 1 aliphatic rings. The molecular formula is C13H23Cl2N3O2. The lowest BCUT2D eigenvalue weighted by atomic mass is 10.1. The fraction of sp³-hybridized carbons (Fsp3) is 0.615. The number of likely N-dealkylation sites (tertiary alicyclic amines) is 1. The van der Waals surface area contributed by atoms with Crippen LogP contribution >= 0.6 is 24.8 Å². The van der Waals surface area contributed by atoms with Gasteiger partial charge in [-0.2, -0.15) is 0 Å². The van der Waals surface area contributed by atoms with Crippen LogP contribution in [0.5, 0.6) is 0 Å². The summed E-state index contributed by atoms with van der Waals surface area (Å²) in [6.07, 6.45) is 5.34. The number of nitrogens with zero attached hydrogens (tertiary/aromatic N) is 1. The Balaban J connectivity index is 0.00000180. The zero-order valence-corrected chi connectivity index (χ0v) is 13.1. The van der Waals surface area contributed by atoms with Crippen molar-refractivity contribution in [3.63, 3.8) is 0 Å². The summed E-state index contributed by atoms with van der Waals surface area (Å²) in [5.41, 5.74) is 5.98. The number of carbonyl (C=O) groups excluding carboxylic acids is 1. The Kier molecular flexibility index (Phi) is 9.67. The Morgan fingerprint density at radius 2 is 2.00 bits per heavy atom. The van der Waals surface area contributed by atoms with Gasteiger partial charge in [0.05, 0.1) is 12.1 Å². The van der Waals surface area contributed by atoms with Crippen molar-refractivity contribution >= 4 is 30.7 Å². The second-order valence-electron chi connectivity index (χ2n) is 4.66. The SMILES string of the molecule is Cl.Cl.NCc1cc(C(=O)NCCN2CCCCC2)co1. The van der Waals surface area contributed by atoms with Gasteiger partial charge in [-0.1, -0.05) is 6.42 Å². The molecule has 7 heteroatoms. The van der Waals surface area contributed by atoms with Crippen LogP contribution in [0, 0.1) is 0 Å². The van der Waals surface area contributed by atoms with E-state index in [2.05, 4.69) is 10.2 Å². The van der Waals surface area contributed by atoms with E-state index in [1.165, 1.54) is 25.5 Å². The van der Waals surface area contributed by atoms with Gasteiger partial charge in [-0.25, -0.2) is 0 Å². The highest BCUT2D eigenvalue weighted by Gasteiger charge is 2.12. The average Bonchev–Trinajstić information content (AvgIpc) is 2.89. The molecule has 1 saturated heterocycles. The van der Waals surface area contributed by atoms with Gasteiger partial charge in [0.15, 0.2) is 0 Å². The molecule has 5 nitrogen and oxygen atoms in total. The Hall–Kier alpha value is -0.750. The van der Waals surface area contributed by atoms with Crippen LogP contribution in [-0.2, 0) is 6.54 Å². The normalized spacial score (nSPS) is 15.1. The number of amides is 1. The highest BCUT2D eigenvalue weighted by molar-refractivity contribution is 5.93. The molecule has 0 atom stereocenters. The van der Waals surface area contributed by atoms with Crippen molar-refractivity contribution in [3.05, 3.63) is 23.7 Å². The van der Waals surface area contributed by atoms with Gasteiger partial charge in [-0.3, -0.25) is 4.79 Å². The first kappa shape index (κ1) is 19.2. The molecule has 1 aliphatic heterocycles. The monoisotopic (exact) mass is 323 g/mol. The first-order valence-electron chi connectivity index (χ1n) is 6.57. The highest BCUT2D eigenvalue weighted by Crippen LogP contribution is 2.08. The molecule has 1 amide bonds. The van der Waals surface area contributed by atoms with E-state index in [9.17, 15) is 4.79 Å². The maximum absolute atomic E-state index is 11.8. The molecule has 116 valence electrons. The van der Waals surface area contributed by atoms with Crippen LogP contribution in [-0.4, -0.2) is 37.0 Å². The molecule has 0 unspecified atom stereocenters. The summed E-state index contributed by atoms with van der Waals surface area (Å²) in [5, 5.41) is 2.90. The second kappa shape index (κ2) is 10.0. The van der Waals surface area contributed by atoms with Crippen LogP contribution in [0.3, 0.4) is 0 Å². The van der Waals surface area contributed by atoms with Crippen LogP contribution in [0.2, 0.25) is 0 Å². The van der Waals surface area contributed by atoms with Crippen molar-refractivity contribution in [2.24, 2.45) is 5.73 Å². The molecule has 0 aromatic carbocycles. The van der Waals surface area contributed by atoms with E-state index in [4.69, 9.17) is 10.2 Å². The average molecular weight is 324 g/mol. The van der Waals surface area contributed by atoms with Gasteiger partial charge in [-0.15, -0.1) is 24.8 Å². The molecule has 0 radical (unpaired) electrons. The summed E-state index contributed by atoms with van der Waals surface area (Å²) in [6, 6.07) is 1.69. The number of piperidine rings is 1. The summed E-state index contributed by atoms with van der Waals surface area (Å²) in [5.74, 6) is 0.548. The smallest absolute Gasteiger partial charge is 0.254 e. The predicted molar refractivity (Wildman–Crippen MR) is 83.7 cm³/mol. The summed E-state index contributed by atoms with van der Waals surface area (Å²) in [7, 11) is 0. The maximum atomic E-state index is 11.8.